The third-order valence-electron chi connectivity index (χ3n) is 7.26. The van der Waals surface area contributed by atoms with Gasteiger partial charge in [0.05, 0.1) is 0 Å². The lowest BCUT2D eigenvalue weighted by Gasteiger charge is -2.40. The number of hydrogen-bond donors (Lipinski definition) is 2. The summed E-state index contributed by atoms with van der Waals surface area (Å²) in [5.74, 6) is 0.0349. The van der Waals surface area contributed by atoms with Gasteiger partial charge in [0.2, 0.25) is 0 Å². The lowest BCUT2D eigenvalue weighted by Crippen LogP contribution is -2.57. The van der Waals surface area contributed by atoms with Gasteiger partial charge in [-0.2, -0.15) is 0 Å². The molecule has 6 nitrogen and oxygen atoms in total. The molecular formula is C29H30FN3O3. The molecule has 1 atom stereocenters. The molecule has 36 heavy (non-hydrogen) atoms. The fourth-order valence-electron chi connectivity index (χ4n) is 5.28. The van der Waals surface area contributed by atoms with Gasteiger partial charge in [-0.25, -0.2) is 9.18 Å². The molecule has 0 saturated carbocycles. The number of nitrogens with zero attached hydrogens (tertiary/aromatic N) is 1. The first-order valence-corrected chi connectivity index (χ1v) is 12.4. The second kappa shape index (κ2) is 10.5. The fourth-order valence-corrected chi connectivity index (χ4v) is 5.28. The average molecular weight is 488 g/mol. The molecule has 3 amide bonds. The molecule has 186 valence electrons. The number of ether oxygens (including phenoxy) is 1. The van der Waals surface area contributed by atoms with Crippen molar-refractivity contribution in [3.8, 4) is 5.75 Å². The Hall–Kier alpha value is -3.71. The molecule has 0 spiro atoms. The van der Waals surface area contributed by atoms with Crippen molar-refractivity contribution in [1.82, 2.24) is 15.5 Å². The number of carbonyl (C=O) groups excluding carboxylic acids is 2. The molecule has 2 aliphatic heterocycles. The Morgan fingerprint density at radius 3 is 2.25 bits per heavy atom. The smallest absolute Gasteiger partial charge is 0.322 e. The number of nitrogens with one attached hydrogen (secondary N) is 2. The molecule has 2 aliphatic rings. The van der Waals surface area contributed by atoms with Crippen molar-refractivity contribution in [2.75, 3.05) is 13.1 Å². The number of halogens is 1. The molecule has 0 bridgehead atoms. The lowest BCUT2D eigenvalue weighted by molar-refractivity contribution is -0.126. The van der Waals surface area contributed by atoms with Crippen LogP contribution in [0.2, 0.25) is 0 Å². The van der Waals surface area contributed by atoms with E-state index in [-0.39, 0.29) is 24.1 Å². The van der Waals surface area contributed by atoms with E-state index in [2.05, 4.69) is 27.7 Å². The Labute approximate surface area is 210 Å². The van der Waals surface area contributed by atoms with Gasteiger partial charge in [0.15, 0.2) is 0 Å². The van der Waals surface area contributed by atoms with Crippen LogP contribution in [-0.4, -0.2) is 35.5 Å². The zero-order chi connectivity index (χ0) is 25.0. The normalized spacial score (nSPS) is 20.7. The second-order valence-corrected chi connectivity index (χ2v) is 9.62. The molecule has 5 rings (SSSR count). The van der Waals surface area contributed by atoms with Crippen molar-refractivity contribution in [1.29, 1.82) is 0 Å². The van der Waals surface area contributed by atoms with Gasteiger partial charge in [0.1, 0.15) is 23.7 Å². The number of carbonyl (C=O) groups is 2. The number of urea groups is 1. The van der Waals surface area contributed by atoms with E-state index >= 15 is 0 Å². The SMILES string of the molecule is O=C1NC(=O)C(Cc2ccccc2F)(C2CCN(Cc3ccc(OCc4ccccc4)cc3)CC2)N1. The summed E-state index contributed by atoms with van der Waals surface area (Å²) in [6.07, 6.45) is 1.62. The van der Waals surface area contributed by atoms with Gasteiger partial charge in [-0.1, -0.05) is 60.7 Å². The maximum Gasteiger partial charge on any atom is 0.322 e. The van der Waals surface area contributed by atoms with Gasteiger partial charge >= 0.3 is 6.03 Å². The minimum absolute atomic E-state index is 0.0754. The first-order chi connectivity index (χ1) is 17.5. The van der Waals surface area contributed by atoms with E-state index in [1.165, 1.54) is 11.6 Å². The van der Waals surface area contributed by atoms with E-state index < -0.39 is 11.6 Å². The Morgan fingerprint density at radius 2 is 1.58 bits per heavy atom. The molecule has 0 radical (unpaired) electrons. The number of benzene rings is 3. The minimum Gasteiger partial charge on any atom is -0.489 e. The summed E-state index contributed by atoms with van der Waals surface area (Å²) < 4.78 is 20.3. The number of likely N-dealkylation sites (tertiary alicyclic amines) is 1. The molecule has 2 saturated heterocycles. The highest BCUT2D eigenvalue weighted by molar-refractivity contribution is 6.07. The Morgan fingerprint density at radius 1 is 0.889 bits per heavy atom. The third-order valence-corrected chi connectivity index (χ3v) is 7.26. The topological polar surface area (TPSA) is 70.7 Å². The van der Waals surface area contributed by atoms with Crippen LogP contribution in [0, 0.1) is 11.7 Å². The lowest BCUT2D eigenvalue weighted by atomic mass is 9.74. The van der Waals surface area contributed by atoms with Crippen molar-refractivity contribution >= 4 is 11.9 Å². The van der Waals surface area contributed by atoms with Crippen molar-refractivity contribution in [2.45, 2.75) is 38.0 Å². The van der Waals surface area contributed by atoms with E-state index in [0.29, 0.717) is 12.2 Å². The maximum absolute atomic E-state index is 14.4. The molecule has 0 aromatic heterocycles. The van der Waals surface area contributed by atoms with Gasteiger partial charge < -0.3 is 10.1 Å². The monoisotopic (exact) mass is 487 g/mol. The summed E-state index contributed by atoms with van der Waals surface area (Å²) in [6.45, 7) is 2.91. The van der Waals surface area contributed by atoms with Crippen molar-refractivity contribution in [3.05, 3.63) is 101 Å². The standard InChI is InChI=1S/C29H30FN3O3/c30-26-9-5-4-8-23(26)18-29(27(34)31-28(35)32-29)24-14-16-33(17-15-24)19-21-10-12-25(13-11-21)36-20-22-6-2-1-3-7-22/h1-13,24H,14-20H2,(H2,31,32,34,35). The van der Waals surface area contributed by atoms with Crippen LogP contribution in [0.25, 0.3) is 0 Å². The Bertz CT molecular complexity index is 1210. The highest BCUT2D eigenvalue weighted by atomic mass is 19.1. The van der Waals surface area contributed by atoms with Crippen molar-refractivity contribution in [3.63, 3.8) is 0 Å². The van der Waals surface area contributed by atoms with E-state index in [1.54, 1.807) is 18.2 Å². The summed E-state index contributed by atoms with van der Waals surface area (Å²) in [4.78, 5) is 27.4. The molecule has 3 aromatic rings. The van der Waals surface area contributed by atoms with Gasteiger partial charge in [0.25, 0.3) is 5.91 Å². The van der Waals surface area contributed by atoms with Crippen LogP contribution in [0.1, 0.15) is 29.5 Å². The van der Waals surface area contributed by atoms with Gasteiger partial charge in [0, 0.05) is 13.0 Å². The third kappa shape index (κ3) is 5.26. The summed E-state index contributed by atoms with van der Waals surface area (Å²) in [7, 11) is 0. The predicted molar refractivity (Wildman–Crippen MR) is 135 cm³/mol. The van der Waals surface area contributed by atoms with Crippen LogP contribution in [0.15, 0.2) is 78.9 Å². The number of hydrogen-bond acceptors (Lipinski definition) is 4. The van der Waals surface area contributed by atoms with Crippen LogP contribution in [0.5, 0.6) is 5.75 Å². The van der Waals surface area contributed by atoms with Crippen LogP contribution in [0.3, 0.4) is 0 Å². The van der Waals surface area contributed by atoms with Crippen LogP contribution in [-0.2, 0) is 24.4 Å². The highest BCUT2D eigenvalue weighted by Crippen LogP contribution is 2.35. The van der Waals surface area contributed by atoms with Crippen molar-refractivity contribution < 1.29 is 18.7 Å². The minimum atomic E-state index is -1.12. The summed E-state index contributed by atoms with van der Waals surface area (Å²) in [5, 5.41) is 5.24. The zero-order valence-corrected chi connectivity index (χ0v) is 20.1. The summed E-state index contributed by atoms with van der Waals surface area (Å²) in [5.41, 5.74) is 1.63. The first-order valence-electron chi connectivity index (χ1n) is 12.4. The Balaban J connectivity index is 1.19. The first kappa shape index (κ1) is 24.0. The molecule has 0 aliphatic carbocycles. The van der Waals surface area contributed by atoms with Gasteiger partial charge in [-0.15, -0.1) is 0 Å². The molecule has 2 fully saturated rings. The predicted octanol–water partition coefficient (Wildman–Crippen LogP) is 4.44. The maximum atomic E-state index is 14.4. The number of rotatable bonds is 8. The average Bonchev–Trinajstić information content (AvgIpc) is 3.19. The molecule has 7 heteroatoms. The van der Waals surface area contributed by atoms with E-state index in [4.69, 9.17) is 4.74 Å². The van der Waals surface area contributed by atoms with Gasteiger partial charge in [-0.05, 0) is 66.7 Å². The van der Waals surface area contributed by atoms with E-state index in [1.807, 2.05) is 42.5 Å². The number of amides is 3. The molecule has 1 unspecified atom stereocenters. The quantitative estimate of drug-likeness (QED) is 0.461. The van der Waals surface area contributed by atoms with Gasteiger partial charge in [-0.3, -0.25) is 15.0 Å². The zero-order valence-electron chi connectivity index (χ0n) is 20.1. The molecule has 2 heterocycles. The number of imide groups is 1. The molecule has 3 aromatic carbocycles. The van der Waals surface area contributed by atoms with Crippen LogP contribution < -0.4 is 15.4 Å². The Kier molecular flexibility index (Phi) is 7.00. The summed E-state index contributed by atoms with van der Waals surface area (Å²) in [6, 6.07) is 24.2. The van der Waals surface area contributed by atoms with E-state index in [9.17, 15) is 14.0 Å². The van der Waals surface area contributed by atoms with E-state index in [0.717, 1.165) is 43.8 Å². The highest BCUT2D eigenvalue weighted by Gasteiger charge is 2.52. The second-order valence-electron chi connectivity index (χ2n) is 9.62. The molecular weight excluding hydrogens is 457 g/mol. The summed E-state index contributed by atoms with van der Waals surface area (Å²) >= 11 is 0. The van der Waals surface area contributed by atoms with Crippen molar-refractivity contribution in [2.24, 2.45) is 5.92 Å². The fraction of sp³-hybridized carbons (Fsp3) is 0.310. The number of piperidine rings is 1. The largest absolute Gasteiger partial charge is 0.489 e. The van der Waals surface area contributed by atoms with Crippen LogP contribution >= 0.6 is 0 Å². The molecule has 2 N–H and O–H groups in total. The van der Waals surface area contributed by atoms with Crippen LogP contribution in [0.4, 0.5) is 9.18 Å².